The van der Waals surface area contributed by atoms with Crippen LogP contribution in [-0.4, -0.2) is 23.8 Å². The van der Waals surface area contributed by atoms with E-state index in [1.807, 2.05) is 24.3 Å². The summed E-state index contributed by atoms with van der Waals surface area (Å²) in [4.78, 5) is 0. The normalized spacial score (nSPS) is 18.5. The summed E-state index contributed by atoms with van der Waals surface area (Å²) in [5.41, 5.74) is 3.95. The zero-order valence-electron chi connectivity index (χ0n) is 11.9. The van der Waals surface area contributed by atoms with Gasteiger partial charge in [0, 0.05) is 17.1 Å². The Kier molecular flexibility index (Phi) is 4.59. The molecule has 2 nitrogen and oxygen atoms in total. The van der Waals surface area contributed by atoms with Crippen molar-refractivity contribution in [2.75, 3.05) is 6.61 Å². The molecule has 2 aromatic rings. The van der Waals surface area contributed by atoms with E-state index >= 15 is 0 Å². The van der Waals surface area contributed by atoms with Gasteiger partial charge in [-0.3, -0.25) is 0 Å². The minimum atomic E-state index is 0.0992. The lowest BCUT2D eigenvalue weighted by atomic mass is 10.0. The number of fused-ring (bicyclic) bond motifs is 1. The third kappa shape index (κ3) is 3.65. The molecule has 0 amide bonds. The van der Waals surface area contributed by atoms with E-state index < -0.39 is 0 Å². The van der Waals surface area contributed by atoms with Crippen molar-refractivity contribution in [3.63, 3.8) is 0 Å². The smallest absolute Gasteiger partial charge is 0.0587 e. The molecule has 21 heavy (non-hydrogen) atoms. The van der Waals surface area contributed by atoms with Crippen LogP contribution in [0.5, 0.6) is 0 Å². The number of halogens is 1. The lowest BCUT2D eigenvalue weighted by Gasteiger charge is -2.21. The SMILES string of the molecule is OC[C@H](Cc1ccccc1)NC1Cc2ccc(Cl)cc2C1. The Morgan fingerprint density at radius 1 is 1.10 bits per heavy atom. The molecule has 110 valence electrons. The van der Waals surface area contributed by atoms with Crippen molar-refractivity contribution in [3.05, 3.63) is 70.2 Å². The van der Waals surface area contributed by atoms with Gasteiger partial charge in [0.05, 0.1) is 6.61 Å². The average molecular weight is 302 g/mol. The van der Waals surface area contributed by atoms with Crippen LogP contribution in [0.4, 0.5) is 0 Å². The second-order valence-electron chi connectivity index (χ2n) is 5.75. The number of aliphatic hydroxyl groups excluding tert-OH is 1. The minimum absolute atomic E-state index is 0.0992. The van der Waals surface area contributed by atoms with Crippen molar-refractivity contribution in [1.82, 2.24) is 5.32 Å². The standard InChI is InChI=1S/C18H20ClNO/c19-16-7-6-14-10-17(11-15(14)9-16)20-18(12-21)8-13-4-2-1-3-5-13/h1-7,9,17-18,20-21H,8,10-12H2/t17?,18-/m0/s1. The van der Waals surface area contributed by atoms with Crippen LogP contribution in [0.1, 0.15) is 16.7 Å². The van der Waals surface area contributed by atoms with Crippen molar-refractivity contribution in [3.8, 4) is 0 Å². The van der Waals surface area contributed by atoms with Crippen LogP contribution in [0.2, 0.25) is 5.02 Å². The summed E-state index contributed by atoms with van der Waals surface area (Å²) in [7, 11) is 0. The fraction of sp³-hybridized carbons (Fsp3) is 0.333. The summed E-state index contributed by atoms with van der Waals surface area (Å²) in [6.45, 7) is 0.155. The molecule has 2 atom stereocenters. The molecule has 3 heteroatoms. The van der Waals surface area contributed by atoms with Gasteiger partial charge >= 0.3 is 0 Å². The Balaban J connectivity index is 1.61. The van der Waals surface area contributed by atoms with Crippen LogP contribution >= 0.6 is 11.6 Å². The van der Waals surface area contributed by atoms with Crippen LogP contribution in [0.25, 0.3) is 0 Å². The lowest BCUT2D eigenvalue weighted by Crippen LogP contribution is -2.42. The molecule has 0 radical (unpaired) electrons. The van der Waals surface area contributed by atoms with E-state index in [9.17, 15) is 5.11 Å². The summed E-state index contributed by atoms with van der Waals surface area (Å²) in [6, 6.07) is 16.9. The van der Waals surface area contributed by atoms with Crippen molar-refractivity contribution >= 4 is 11.6 Å². The molecular weight excluding hydrogens is 282 g/mol. The Labute approximate surface area is 130 Å². The number of hydrogen-bond donors (Lipinski definition) is 2. The highest BCUT2D eigenvalue weighted by molar-refractivity contribution is 6.30. The van der Waals surface area contributed by atoms with E-state index in [0.29, 0.717) is 6.04 Å². The van der Waals surface area contributed by atoms with E-state index in [4.69, 9.17) is 11.6 Å². The largest absolute Gasteiger partial charge is 0.395 e. The summed E-state index contributed by atoms with van der Waals surface area (Å²) >= 11 is 6.05. The average Bonchev–Trinajstić information content (AvgIpc) is 2.89. The van der Waals surface area contributed by atoms with Gasteiger partial charge in [-0.1, -0.05) is 48.0 Å². The third-order valence-corrected chi connectivity index (χ3v) is 4.35. The maximum absolute atomic E-state index is 9.63. The van der Waals surface area contributed by atoms with Crippen molar-refractivity contribution in [2.45, 2.75) is 31.3 Å². The second-order valence-corrected chi connectivity index (χ2v) is 6.19. The summed E-state index contributed by atoms with van der Waals surface area (Å²) in [5.74, 6) is 0. The van der Waals surface area contributed by atoms with Gasteiger partial charge in [0.1, 0.15) is 0 Å². The zero-order valence-corrected chi connectivity index (χ0v) is 12.7. The van der Waals surface area contributed by atoms with E-state index in [0.717, 1.165) is 24.3 Å². The van der Waals surface area contributed by atoms with E-state index in [1.165, 1.54) is 16.7 Å². The van der Waals surface area contributed by atoms with Gasteiger partial charge in [-0.2, -0.15) is 0 Å². The van der Waals surface area contributed by atoms with Gasteiger partial charge in [0.15, 0.2) is 0 Å². The molecule has 1 aliphatic carbocycles. The predicted octanol–water partition coefficient (Wildman–Crippen LogP) is 3.00. The molecule has 0 saturated heterocycles. The molecule has 0 spiro atoms. The first-order valence-corrected chi connectivity index (χ1v) is 7.80. The van der Waals surface area contributed by atoms with E-state index in [2.05, 4.69) is 29.6 Å². The molecular formula is C18H20ClNO. The first-order chi connectivity index (χ1) is 10.2. The van der Waals surface area contributed by atoms with Crippen LogP contribution in [-0.2, 0) is 19.3 Å². The molecule has 0 aromatic heterocycles. The van der Waals surface area contributed by atoms with Gasteiger partial charge in [0.25, 0.3) is 0 Å². The molecule has 1 unspecified atom stereocenters. The zero-order chi connectivity index (χ0) is 14.7. The highest BCUT2D eigenvalue weighted by Gasteiger charge is 2.23. The first-order valence-electron chi connectivity index (χ1n) is 7.42. The number of hydrogen-bond acceptors (Lipinski definition) is 2. The van der Waals surface area contributed by atoms with Crippen molar-refractivity contribution < 1.29 is 5.11 Å². The molecule has 0 heterocycles. The van der Waals surface area contributed by atoms with Gasteiger partial charge in [-0.25, -0.2) is 0 Å². The minimum Gasteiger partial charge on any atom is -0.395 e. The molecule has 1 aliphatic rings. The predicted molar refractivity (Wildman–Crippen MR) is 86.8 cm³/mol. The molecule has 0 saturated carbocycles. The number of rotatable bonds is 5. The number of benzene rings is 2. The fourth-order valence-corrected chi connectivity index (χ4v) is 3.31. The van der Waals surface area contributed by atoms with Crippen LogP contribution in [0.3, 0.4) is 0 Å². The number of nitrogens with one attached hydrogen (secondary N) is 1. The quantitative estimate of drug-likeness (QED) is 0.890. The molecule has 0 bridgehead atoms. The second kappa shape index (κ2) is 6.61. The van der Waals surface area contributed by atoms with Gasteiger partial charge in [0.2, 0.25) is 0 Å². The van der Waals surface area contributed by atoms with Crippen LogP contribution in [0, 0.1) is 0 Å². The highest BCUT2D eigenvalue weighted by atomic mass is 35.5. The molecule has 2 N–H and O–H groups in total. The topological polar surface area (TPSA) is 32.3 Å². The maximum atomic E-state index is 9.63. The Morgan fingerprint density at radius 2 is 1.86 bits per heavy atom. The van der Waals surface area contributed by atoms with E-state index in [1.54, 1.807) is 0 Å². The Morgan fingerprint density at radius 3 is 2.62 bits per heavy atom. The first kappa shape index (κ1) is 14.6. The summed E-state index contributed by atoms with van der Waals surface area (Å²) in [5, 5.41) is 14.0. The molecule has 3 rings (SSSR count). The van der Waals surface area contributed by atoms with Crippen LogP contribution in [0.15, 0.2) is 48.5 Å². The Bertz CT molecular complexity index is 599. The molecule has 0 aliphatic heterocycles. The maximum Gasteiger partial charge on any atom is 0.0587 e. The lowest BCUT2D eigenvalue weighted by molar-refractivity contribution is 0.231. The van der Waals surface area contributed by atoms with Gasteiger partial charge < -0.3 is 10.4 Å². The molecule has 0 fully saturated rings. The van der Waals surface area contributed by atoms with Crippen molar-refractivity contribution in [1.29, 1.82) is 0 Å². The third-order valence-electron chi connectivity index (χ3n) is 4.12. The van der Waals surface area contributed by atoms with Gasteiger partial charge in [-0.05, 0) is 48.1 Å². The van der Waals surface area contributed by atoms with Crippen LogP contribution < -0.4 is 5.32 Å². The molecule has 2 aromatic carbocycles. The number of aliphatic hydroxyl groups is 1. The fourth-order valence-electron chi connectivity index (χ4n) is 3.11. The van der Waals surface area contributed by atoms with E-state index in [-0.39, 0.29) is 12.6 Å². The Hall–Kier alpha value is -1.35. The highest BCUT2D eigenvalue weighted by Crippen LogP contribution is 2.25. The summed E-state index contributed by atoms with van der Waals surface area (Å²) < 4.78 is 0. The monoisotopic (exact) mass is 301 g/mol. The van der Waals surface area contributed by atoms with Crippen molar-refractivity contribution in [2.24, 2.45) is 0 Å². The van der Waals surface area contributed by atoms with Gasteiger partial charge in [-0.15, -0.1) is 0 Å². The summed E-state index contributed by atoms with van der Waals surface area (Å²) in [6.07, 6.45) is 2.85.